The minimum absolute atomic E-state index is 0.958. The molecule has 0 saturated heterocycles. The average Bonchev–Trinajstić information content (AvgIpc) is 3.34. The van der Waals surface area contributed by atoms with Gasteiger partial charge in [0.05, 0.1) is 0 Å². The highest BCUT2D eigenvalue weighted by atomic mass is 15.1. The van der Waals surface area contributed by atoms with Crippen molar-refractivity contribution in [2.24, 2.45) is 0 Å². The lowest BCUT2D eigenvalue weighted by Crippen LogP contribution is -2.19. The molecule has 2 aliphatic rings. The monoisotopic (exact) mass is 373 g/mol. The Hall–Kier alpha value is -3.32. The molecule has 0 bridgehead atoms. The van der Waals surface area contributed by atoms with E-state index in [-0.39, 0.29) is 0 Å². The van der Waals surface area contributed by atoms with Crippen LogP contribution in [0.2, 0.25) is 0 Å². The second kappa shape index (κ2) is 6.35. The van der Waals surface area contributed by atoms with Gasteiger partial charge in [0.1, 0.15) is 0 Å². The van der Waals surface area contributed by atoms with E-state index in [0.717, 1.165) is 19.4 Å². The fraction of sp³-hybridized carbons (Fsp3) is 0.143. The highest BCUT2D eigenvalue weighted by Gasteiger charge is 2.26. The van der Waals surface area contributed by atoms with Crippen molar-refractivity contribution in [3.63, 3.8) is 0 Å². The van der Waals surface area contributed by atoms with Crippen molar-refractivity contribution >= 4 is 11.4 Å². The van der Waals surface area contributed by atoms with Crippen LogP contribution >= 0.6 is 0 Å². The predicted octanol–water partition coefficient (Wildman–Crippen LogP) is 6.99. The minimum Gasteiger partial charge on any atom is -0.341 e. The Balaban J connectivity index is 1.50. The van der Waals surface area contributed by atoms with Gasteiger partial charge in [0, 0.05) is 30.8 Å². The van der Waals surface area contributed by atoms with Gasteiger partial charge >= 0.3 is 0 Å². The Labute approximate surface area is 172 Å². The lowest BCUT2D eigenvalue weighted by atomic mass is 10.0. The Morgan fingerprint density at radius 2 is 1.00 bits per heavy atom. The van der Waals surface area contributed by atoms with Gasteiger partial charge in [0.2, 0.25) is 0 Å². The Kier molecular flexibility index (Phi) is 3.64. The van der Waals surface area contributed by atoms with E-state index in [1.807, 2.05) is 0 Å². The van der Waals surface area contributed by atoms with Gasteiger partial charge in [-0.05, 0) is 63.6 Å². The molecule has 0 aromatic heterocycles. The molecule has 0 atom stereocenters. The van der Waals surface area contributed by atoms with Crippen LogP contribution in [0.4, 0.5) is 11.4 Å². The molecule has 0 unspecified atom stereocenters. The van der Waals surface area contributed by atoms with E-state index in [1.165, 1.54) is 55.9 Å². The van der Waals surface area contributed by atoms with Crippen LogP contribution in [0.1, 0.15) is 29.2 Å². The first-order valence-electron chi connectivity index (χ1n) is 10.5. The minimum atomic E-state index is 0.958. The third-order valence-corrected chi connectivity index (χ3v) is 6.55. The van der Waals surface area contributed by atoms with Gasteiger partial charge in [-0.15, -0.1) is 0 Å². The Morgan fingerprint density at radius 3 is 1.48 bits per heavy atom. The van der Waals surface area contributed by atoms with Crippen LogP contribution in [0.25, 0.3) is 22.3 Å². The van der Waals surface area contributed by atoms with Gasteiger partial charge in [-0.25, -0.2) is 0 Å². The molecule has 6 rings (SSSR count). The predicted molar refractivity (Wildman–Crippen MR) is 122 cm³/mol. The molecule has 1 heteroatoms. The number of hydrogen-bond acceptors (Lipinski definition) is 1. The SMILES string of the molecule is CCN(c1cccc2c1Cc1ccccc1-2)c1cccc2c1Cc1ccccc1-2. The van der Waals surface area contributed by atoms with Gasteiger partial charge in [0.25, 0.3) is 0 Å². The lowest BCUT2D eigenvalue weighted by molar-refractivity contribution is 0.998. The number of nitrogens with zero attached hydrogens (tertiary/aromatic N) is 1. The van der Waals surface area contributed by atoms with Gasteiger partial charge < -0.3 is 4.90 Å². The van der Waals surface area contributed by atoms with Crippen molar-refractivity contribution in [3.8, 4) is 22.3 Å². The smallest absolute Gasteiger partial charge is 0.0452 e. The van der Waals surface area contributed by atoms with Gasteiger partial charge in [-0.3, -0.25) is 0 Å². The molecule has 0 amide bonds. The molecule has 1 nitrogen and oxygen atoms in total. The molecule has 0 aliphatic heterocycles. The summed E-state index contributed by atoms with van der Waals surface area (Å²) in [5, 5.41) is 0. The molecule has 4 aromatic rings. The van der Waals surface area contributed by atoms with Gasteiger partial charge in [-0.1, -0.05) is 72.8 Å². The molecule has 0 spiro atoms. The average molecular weight is 373 g/mol. The van der Waals surface area contributed by atoms with Crippen molar-refractivity contribution in [3.05, 3.63) is 107 Å². The summed E-state index contributed by atoms with van der Waals surface area (Å²) in [4.78, 5) is 2.52. The van der Waals surface area contributed by atoms with Crippen LogP contribution in [0.3, 0.4) is 0 Å². The maximum Gasteiger partial charge on any atom is 0.0452 e. The quantitative estimate of drug-likeness (QED) is 0.323. The summed E-state index contributed by atoms with van der Waals surface area (Å²) in [5.41, 5.74) is 14.1. The first kappa shape index (κ1) is 16.6. The molecule has 0 N–H and O–H groups in total. The van der Waals surface area contributed by atoms with Crippen LogP contribution < -0.4 is 4.90 Å². The van der Waals surface area contributed by atoms with Crippen LogP contribution in [-0.4, -0.2) is 6.54 Å². The number of anilines is 2. The maximum atomic E-state index is 2.52. The summed E-state index contributed by atoms with van der Waals surface area (Å²) in [6.45, 7) is 3.22. The molecule has 29 heavy (non-hydrogen) atoms. The second-order valence-corrected chi connectivity index (χ2v) is 8.02. The van der Waals surface area contributed by atoms with E-state index in [4.69, 9.17) is 0 Å². The second-order valence-electron chi connectivity index (χ2n) is 8.02. The normalized spacial score (nSPS) is 12.9. The highest BCUT2D eigenvalue weighted by Crippen LogP contribution is 2.46. The number of hydrogen-bond donors (Lipinski definition) is 0. The van der Waals surface area contributed by atoms with E-state index >= 15 is 0 Å². The van der Waals surface area contributed by atoms with Gasteiger partial charge in [-0.2, -0.15) is 0 Å². The first-order chi connectivity index (χ1) is 14.3. The number of benzene rings is 4. The summed E-state index contributed by atoms with van der Waals surface area (Å²) >= 11 is 0. The maximum absolute atomic E-state index is 2.52. The molecule has 0 heterocycles. The van der Waals surface area contributed by atoms with Crippen molar-refractivity contribution in [1.82, 2.24) is 0 Å². The molecule has 140 valence electrons. The molecule has 0 radical (unpaired) electrons. The summed E-state index contributed by atoms with van der Waals surface area (Å²) in [6.07, 6.45) is 2.04. The zero-order valence-electron chi connectivity index (χ0n) is 16.7. The zero-order valence-corrected chi connectivity index (χ0v) is 16.7. The largest absolute Gasteiger partial charge is 0.341 e. The summed E-state index contributed by atoms with van der Waals surface area (Å²) in [6, 6.07) is 31.3. The number of rotatable bonds is 3. The Bertz CT molecular complexity index is 1150. The van der Waals surface area contributed by atoms with Crippen molar-refractivity contribution < 1.29 is 0 Å². The number of fused-ring (bicyclic) bond motifs is 6. The lowest BCUT2D eigenvalue weighted by Gasteiger charge is -2.28. The fourth-order valence-corrected chi connectivity index (χ4v) is 5.26. The van der Waals surface area contributed by atoms with E-state index in [2.05, 4.69) is 96.8 Å². The molecule has 2 aliphatic carbocycles. The summed E-state index contributed by atoms with van der Waals surface area (Å²) in [7, 11) is 0. The summed E-state index contributed by atoms with van der Waals surface area (Å²) < 4.78 is 0. The van der Waals surface area contributed by atoms with Crippen molar-refractivity contribution in [2.75, 3.05) is 11.4 Å². The molecular formula is C28H23N. The highest BCUT2D eigenvalue weighted by molar-refractivity contribution is 5.88. The topological polar surface area (TPSA) is 3.24 Å². The standard InChI is InChI=1S/C28H23N/c1-2-29(27-15-7-13-23-21-11-5-3-9-19(21)17-25(23)27)28-16-8-14-24-22-12-6-4-10-20(22)18-26(24)28/h3-16H,2,17-18H2,1H3. The van der Waals surface area contributed by atoms with Crippen molar-refractivity contribution in [2.45, 2.75) is 19.8 Å². The van der Waals surface area contributed by atoms with Crippen LogP contribution in [-0.2, 0) is 12.8 Å². The third-order valence-electron chi connectivity index (χ3n) is 6.55. The Morgan fingerprint density at radius 1 is 0.552 bits per heavy atom. The van der Waals surface area contributed by atoms with E-state index < -0.39 is 0 Å². The first-order valence-corrected chi connectivity index (χ1v) is 10.5. The van der Waals surface area contributed by atoms with Crippen LogP contribution in [0, 0.1) is 0 Å². The van der Waals surface area contributed by atoms with Crippen LogP contribution in [0.15, 0.2) is 84.9 Å². The van der Waals surface area contributed by atoms with E-state index in [0.29, 0.717) is 0 Å². The van der Waals surface area contributed by atoms with Crippen LogP contribution in [0.5, 0.6) is 0 Å². The van der Waals surface area contributed by atoms with E-state index in [9.17, 15) is 0 Å². The van der Waals surface area contributed by atoms with Crippen molar-refractivity contribution in [1.29, 1.82) is 0 Å². The summed E-state index contributed by atoms with van der Waals surface area (Å²) in [5.74, 6) is 0. The molecular weight excluding hydrogens is 350 g/mol. The third kappa shape index (κ3) is 2.40. The van der Waals surface area contributed by atoms with E-state index in [1.54, 1.807) is 0 Å². The molecule has 0 fully saturated rings. The van der Waals surface area contributed by atoms with Gasteiger partial charge in [0.15, 0.2) is 0 Å². The molecule has 0 saturated carbocycles. The fourth-order valence-electron chi connectivity index (χ4n) is 5.26. The zero-order chi connectivity index (χ0) is 19.4. The molecule has 4 aromatic carbocycles.